The molecule has 0 amide bonds. The van der Waals surface area contributed by atoms with Gasteiger partial charge in [-0.25, -0.2) is 0 Å². The summed E-state index contributed by atoms with van der Waals surface area (Å²) in [6.45, 7) is 12.4. The molecule has 1 saturated carbocycles. The van der Waals surface area contributed by atoms with Gasteiger partial charge in [0, 0.05) is 12.6 Å². The van der Waals surface area contributed by atoms with Crippen LogP contribution >= 0.6 is 0 Å². The van der Waals surface area contributed by atoms with E-state index in [2.05, 4.69) is 31.0 Å². The highest BCUT2D eigenvalue weighted by Crippen LogP contribution is 2.30. The topological polar surface area (TPSA) is 15.3 Å². The summed E-state index contributed by atoms with van der Waals surface area (Å²) in [7, 11) is 0. The Morgan fingerprint density at radius 3 is 2.74 bits per heavy atom. The third-order valence-corrected chi connectivity index (χ3v) is 5.53. The number of hydrogen-bond acceptors (Lipinski definition) is 2. The fourth-order valence-electron chi connectivity index (χ4n) is 4.05. The average Bonchev–Trinajstić information content (AvgIpc) is 2.82. The minimum absolute atomic E-state index is 0.701. The molecule has 2 nitrogen and oxygen atoms in total. The lowest BCUT2D eigenvalue weighted by atomic mass is 9.90. The summed E-state index contributed by atoms with van der Waals surface area (Å²) >= 11 is 0. The van der Waals surface area contributed by atoms with Gasteiger partial charge < -0.3 is 10.2 Å². The monoisotopic (exact) mass is 266 g/mol. The van der Waals surface area contributed by atoms with E-state index in [-0.39, 0.29) is 0 Å². The Morgan fingerprint density at radius 2 is 2.05 bits per heavy atom. The molecule has 2 aliphatic rings. The van der Waals surface area contributed by atoms with E-state index < -0.39 is 0 Å². The largest absolute Gasteiger partial charge is 0.314 e. The zero-order chi connectivity index (χ0) is 13.7. The first-order valence-electron chi connectivity index (χ1n) is 8.66. The fourth-order valence-corrected chi connectivity index (χ4v) is 4.05. The van der Waals surface area contributed by atoms with Gasteiger partial charge in [0.15, 0.2) is 0 Å². The Labute approximate surface area is 120 Å². The van der Waals surface area contributed by atoms with Crippen LogP contribution in [-0.4, -0.2) is 37.1 Å². The molecule has 1 heterocycles. The number of nitrogens with zero attached hydrogens (tertiary/aromatic N) is 1. The summed E-state index contributed by atoms with van der Waals surface area (Å²) in [5, 5.41) is 3.86. The summed E-state index contributed by atoms with van der Waals surface area (Å²) in [5.74, 6) is 2.76. The third kappa shape index (κ3) is 4.46. The van der Waals surface area contributed by atoms with Gasteiger partial charge in [-0.3, -0.25) is 0 Å². The maximum absolute atomic E-state index is 3.86. The van der Waals surface area contributed by atoms with Crippen molar-refractivity contribution in [3.05, 3.63) is 0 Å². The summed E-state index contributed by atoms with van der Waals surface area (Å²) in [5.41, 5.74) is 0. The highest BCUT2D eigenvalue weighted by atomic mass is 15.1. The fraction of sp³-hybridized carbons (Fsp3) is 1.00. The maximum Gasteiger partial charge on any atom is 0.00793 e. The van der Waals surface area contributed by atoms with Gasteiger partial charge in [0.2, 0.25) is 0 Å². The van der Waals surface area contributed by atoms with E-state index in [0.29, 0.717) is 6.04 Å². The number of hydrogen-bond donors (Lipinski definition) is 1. The van der Waals surface area contributed by atoms with Gasteiger partial charge in [0.1, 0.15) is 0 Å². The van der Waals surface area contributed by atoms with Crippen molar-refractivity contribution in [2.75, 3.05) is 26.2 Å². The zero-order valence-corrected chi connectivity index (χ0v) is 13.3. The Hall–Kier alpha value is -0.0800. The number of rotatable bonds is 6. The van der Waals surface area contributed by atoms with Gasteiger partial charge in [-0.05, 0) is 70.0 Å². The van der Waals surface area contributed by atoms with Crippen molar-refractivity contribution in [1.29, 1.82) is 0 Å². The summed E-state index contributed by atoms with van der Waals surface area (Å²) < 4.78 is 0. The van der Waals surface area contributed by atoms with Crippen molar-refractivity contribution in [3.8, 4) is 0 Å². The lowest BCUT2D eigenvalue weighted by molar-refractivity contribution is 0.148. The second-order valence-corrected chi connectivity index (χ2v) is 7.07. The smallest absolute Gasteiger partial charge is 0.00793 e. The standard InChI is InChI=1S/C17H34N2/c1-4-10-19-11-6-9-17(13-19)15(3)18-12-16-8-5-7-14(16)2/h14-18H,4-13H2,1-3H3. The van der Waals surface area contributed by atoms with Crippen LogP contribution in [0.2, 0.25) is 0 Å². The lowest BCUT2D eigenvalue weighted by Crippen LogP contribution is -2.45. The average molecular weight is 266 g/mol. The quantitative estimate of drug-likeness (QED) is 0.791. The molecule has 0 aromatic rings. The SMILES string of the molecule is CCCN1CCCC(C(C)NCC2CCCC2C)C1. The van der Waals surface area contributed by atoms with E-state index in [1.54, 1.807) is 0 Å². The van der Waals surface area contributed by atoms with Crippen molar-refractivity contribution in [2.45, 2.75) is 65.3 Å². The molecular formula is C17H34N2. The van der Waals surface area contributed by atoms with Crippen molar-refractivity contribution in [1.82, 2.24) is 10.2 Å². The second kappa shape index (κ2) is 7.64. The van der Waals surface area contributed by atoms with Crippen molar-refractivity contribution >= 4 is 0 Å². The molecule has 0 spiro atoms. The highest BCUT2D eigenvalue weighted by molar-refractivity contribution is 4.83. The molecule has 19 heavy (non-hydrogen) atoms. The van der Waals surface area contributed by atoms with Crippen LogP contribution in [0.1, 0.15) is 59.3 Å². The second-order valence-electron chi connectivity index (χ2n) is 7.07. The van der Waals surface area contributed by atoms with E-state index in [9.17, 15) is 0 Å². The van der Waals surface area contributed by atoms with Crippen molar-refractivity contribution in [3.63, 3.8) is 0 Å². The molecule has 0 bridgehead atoms. The van der Waals surface area contributed by atoms with Crippen LogP contribution in [0.25, 0.3) is 0 Å². The Bertz CT molecular complexity index is 252. The molecule has 1 aliphatic carbocycles. The molecule has 2 rings (SSSR count). The first kappa shape index (κ1) is 15.3. The highest BCUT2D eigenvalue weighted by Gasteiger charge is 2.27. The Kier molecular flexibility index (Phi) is 6.15. The molecule has 4 atom stereocenters. The summed E-state index contributed by atoms with van der Waals surface area (Å²) in [6.07, 6.45) is 8.48. The van der Waals surface area contributed by atoms with E-state index in [4.69, 9.17) is 0 Å². The summed E-state index contributed by atoms with van der Waals surface area (Å²) in [6, 6.07) is 0.701. The number of piperidine rings is 1. The van der Waals surface area contributed by atoms with E-state index in [1.165, 1.54) is 64.7 Å². The van der Waals surface area contributed by atoms with Crippen LogP contribution < -0.4 is 5.32 Å². The van der Waals surface area contributed by atoms with E-state index >= 15 is 0 Å². The van der Waals surface area contributed by atoms with Gasteiger partial charge in [-0.1, -0.05) is 26.7 Å². The molecule has 0 aromatic heterocycles. The lowest BCUT2D eigenvalue weighted by Gasteiger charge is -2.36. The van der Waals surface area contributed by atoms with Gasteiger partial charge in [0.25, 0.3) is 0 Å². The zero-order valence-electron chi connectivity index (χ0n) is 13.3. The van der Waals surface area contributed by atoms with Gasteiger partial charge >= 0.3 is 0 Å². The third-order valence-electron chi connectivity index (χ3n) is 5.53. The van der Waals surface area contributed by atoms with Crippen LogP contribution in [0, 0.1) is 17.8 Å². The molecule has 0 aromatic carbocycles. The Balaban J connectivity index is 1.71. The molecule has 2 heteroatoms. The first-order valence-corrected chi connectivity index (χ1v) is 8.66. The van der Waals surface area contributed by atoms with Crippen LogP contribution in [0.4, 0.5) is 0 Å². The van der Waals surface area contributed by atoms with Gasteiger partial charge in [-0.15, -0.1) is 0 Å². The minimum Gasteiger partial charge on any atom is -0.314 e. The van der Waals surface area contributed by atoms with Gasteiger partial charge in [-0.2, -0.15) is 0 Å². The molecule has 1 aliphatic heterocycles. The maximum atomic E-state index is 3.86. The van der Waals surface area contributed by atoms with Crippen LogP contribution in [-0.2, 0) is 0 Å². The van der Waals surface area contributed by atoms with Crippen LogP contribution in [0.5, 0.6) is 0 Å². The number of nitrogens with one attached hydrogen (secondary N) is 1. The molecule has 112 valence electrons. The number of likely N-dealkylation sites (tertiary alicyclic amines) is 1. The van der Waals surface area contributed by atoms with Crippen molar-refractivity contribution in [2.24, 2.45) is 17.8 Å². The first-order chi connectivity index (χ1) is 9.20. The van der Waals surface area contributed by atoms with Gasteiger partial charge in [0.05, 0.1) is 0 Å². The van der Waals surface area contributed by atoms with Crippen LogP contribution in [0.15, 0.2) is 0 Å². The van der Waals surface area contributed by atoms with E-state index in [1.807, 2.05) is 0 Å². The normalized spacial score (nSPS) is 34.6. The predicted molar refractivity (Wildman–Crippen MR) is 83.4 cm³/mol. The molecule has 4 unspecified atom stereocenters. The Morgan fingerprint density at radius 1 is 1.21 bits per heavy atom. The minimum atomic E-state index is 0.701. The molecule has 2 fully saturated rings. The molecule has 0 radical (unpaired) electrons. The summed E-state index contributed by atoms with van der Waals surface area (Å²) in [4.78, 5) is 2.67. The molecular weight excluding hydrogens is 232 g/mol. The predicted octanol–water partition coefficient (Wildman–Crippen LogP) is 3.52. The molecule has 1 N–H and O–H groups in total. The van der Waals surface area contributed by atoms with E-state index in [0.717, 1.165) is 17.8 Å². The van der Waals surface area contributed by atoms with Crippen molar-refractivity contribution < 1.29 is 0 Å². The molecule has 1 saturated heterocycles. The van der Waals surface area contributed by atoms with Crippen LogP contribution in [0.3, 0.4) is 0 Å².